The number of rotatable bonds is 6. The number of nitrogens with zero attached hydrogens (tertiary/aromatic N) is 1. The van der Waals surface area contributed by atoms with Crippen LogP contribution in [-0.4, -0.2) is 23.3 Å². The first-order chi connectivity index (χ1) is 12.5. The number of amides is 2. The van der Waals surface area contributed by atoms with E-state index in [0.29, 0.717) is 34.1 Å². The van der Waals surface area contributed by atoms with Crippen molar-refractivity contribution in [3.63, 3.8) is 0 Å². The standard InChI is InChI=1S/C18H16ClN3O2S2/c1-11-21-13(10-26-11)6-7-20-17(23)12-4-5-14(19)15(9-12)22-18(24)16-3-2-8-25-16/h2-5,8-10H,6-7H2,1H3,(H,20,23)(H,22,24). The molecule has 0 saturated carbocycles. The Kier molecular flexibility index (Phi) is 6.03. The Hall–Kier alpha value is -2.22. The van der Waals surface area contributed by atoms with Crippen molar-refractivity contribution in [1.82, 2.24) is 10.3 Å². The van der Waals surface area contributed by atoms with E-state index in [-0.39, 0.29) is 11.8 Å². The molecule has 0 aliphatic heterocycles. The van der Waals surface area contributed by atoms with E-state index in [1.54, 1.807) is 41.7 Å². The topological polar surface area (TPSA) is 71.1 Å². The van der Waals surface area contributed by atoms with E-state index in [1.807, 2.05) is 17.7 Å². The lowest BCUT2D eigenvalue weighted by Gasteiger charge is -2.09. The predicted molar refractivity (Wildman–Crippen MR) is 107 cm³/mol. The third-order valence-electron chi connectivity index (χ3n) is 3.55. The van der Waals surface area contributed by atoms with Crippen LogP contribution in [0.4, 0.5) is 5.69 Å². The van der Waals surface area contributed by atoms with Gasteiger partial charge < -0.3 is 10.6 Å². The van der Waals surface area contributed by atoms with Crippen LogP contribution in [-0.2, 0) is 6.42 Å². The van der Waals surface area contributed by atoms with Crippen molar-refractivity contribution in [3.05, 3.63) is 67.3 Å². The van der Waals surface area contributed by atoms with E-state index in [4.69, 9.17) is 11.6 Å². The number of carbonyl (C=O) groups excluding carboxylic acids is 2. The number of nitrogens with one attached hydrogen (secondary N) is 2. The van der Waals surface area contributed by atoms with Crippen LogP contribution in [0.5, 0.6) is 0 Å². The minimum absolute atomic E-state index is 0.222. The van der Waals surface area contributed by atoms with Gasteiger partial charge in [0.2, 0.25) is 0 Å². The van der Waals surface area contributed by atoms with E-state index in [0.717, 1.165) is 10.7 Å². The molecule has 3 rings (SSSR count). The summed E-state index contributed by atoms with van der Waals surface area (Å²) in [5.74, 6) is -0.474. The van der Waals surface area contributed by atoms with E-state index in [9.17, 15) is 9.59 Å². The van der Waals surface area contributed by atoms with Crippen LogP contribution >= 0.6 is 34.3 Å². The van der Waals surface area contributed by atoms with Crippen molar-refractivity contribution >= 4 is 51.8 Å². The number of halogens is 1. The summed E-state index contributed by atoms with van der Waals surface area (Å²) in [6.07, 6.45) is 0.672. The van der Waals surface area contributed by atoms with Gasteiger partial charge in [-0.3, -0.25) is 9.59 Å². The molecule has 0 spiro atoms. The summed E-state index contributed by atoms with van der Waals surface area (Å²) in [6, 6.07) is 8.34. The monoisotopic (exact) mass is 405 g/mol. The fourth-order valence-electron chi connectivity index (χ4n) is 2.28. The molecule has 2 heterocycles. The van der Waals surface area contributed by atoms with Crippen molar-refractivity contribution in [3.8, 4) is 0 Å². The molecule has 0 radical (unpaired) electrons. The first-order valence-corrected chi connectivity index (χ1v) is 10.0. The van der Waals surface area contributed by atoms with Gasteiger partial charge in [0.15, 0.2) is 0 Å². The van der Waals surface area contributed by atoms with E-state index < -0.39 is 0 Å². The number of hydrogen-bond acceptors (Lipinski definition) is 5. The number of aryl methyl sites for hydroxylation is 1. The highest BCUT2D eigenvalue weighted by Gasteiger charge is 2.13. The second-order valence-electron chi connectivity index (χ2n) is 5.49. The third-order valence-corrected chi connectivity index (χ3v) is 5.58. The second kappa shape index (κ2) is 8.44. The number of aromatic nitrogens is 1. The number of thiazole rings is 1. The average molecular weight is 406 g/mol. The lowest BCUT2D eigenvalue weighted by molar-refractivity contribution is 0.0952. The summed E-state index contributed by atoms with van der Waals surface area (Å²) in [4.78, 5) is 29.5. The van der Waals surface area contributed by atoms with Crippen LogP contribution in [0.25, 0.3) is 0 Å². The minimum atomic E-state index is -0.252. The molecule has 134 valence electrons. The van der Waals surface area contributed by atoms with E-state index in [1.165, 1.54) is 11.3 Å². The number of anilines is 1. The van der Waals surface area contributed by atoms with Gasteiger partial charge >= 0.3 is 0 Å². The zero-order valence-corrected chi connectivity index (χ0v) is 16.3. The highest BCUT2D eigenvalue weighted by Crippen LogP contribution is 2.24. The first-order valence-electron chi connectivity index (χ1n) is 7.86. The molecule has 0 aliphatic rings. The van der Waals surface area contributed by atoms with E-state index in [2.05, 4.69) is 15.6 Å². The molecule has 0 fully saturated rings. The Balaban J connectivity index is 1.62. The van der Waals surface area contributed by atoms with Crippen LogP contribution in [0, 0.1) is 6.92 Å². The van der Waals surface area contributed by atoms with Crippen molar-refractivity contribution in [2.24, 2.45) is 0 Å². The molecule has 0 saturated heterocycles. The Morgan fingerprint density at radius 3 is 2.73 bits per heavy atom. The number of carbonyl (C=O) groups is 2. The predicted octanol–water partition coefficient (Wildman–Crippen LogP) is 4.39. The number of hydrogen-bond donors (Lipinski definition) is 2. The van der Waals surface area contributed by atoms with Gasteiger partial charge in [-0.25, -0.2) is 4.98 Å². The lowest BCUT2D eigenvalue weighted by Crippen LogP contribution is -2.26. The zero-order valence-electron chi connectivity index (χ0n) is 13.9. The van der Waals surface area contributed by atoms with Crippen LogP contribution in [0.15, 0.2) is 41.1 Å². The van der Waals surface area contributed by atoms with Gasteiger partial charge in [0.05, 0.1) is 26.3 Å². The minimum Gasteiger partial charge on any atom is -0.352 e. The first kappa shape index (κ1) is 18.6. The van der Waals surface area contributed by atoms with Crippen molar-refractivity contribution in [2.75, 3.05) is 11.9 Å². The Morgan fingerprint density at radius 1 is 1.19 bits per heavy atom. The Labute approximate surface area is 164 Å². The largest absolute Gasteiger partial charge is 0.352 e. The SMILES string of the molecule is Cc1nc(CCNC(=O)c2ccc(Cl)c(NC(=O)c3cccs3)c2)cs1. The quantitative estimate of drug-likeness (QED) is 0.638. The molecule has 3 aromatic rings. The lowest BCUT2D eigenvalue weighted by atomic mass is 10.1. The highest BCUT2D eigenvalue weighted by atomic mass is 35.5. The molecular formula is C18H16ClN3O2S2. The maximum Gasteiger partial charge on any atom is 0.265 e. The van der Waals surface area contributed by atoms with Gasteiger partial charge in [-0.2, -0.15) is 0 Å². The third kappa shape index (κ3) is 4.69. The van der Waals surface area contributed by atoms with Gasteiger partial charge in [0.25, 0.3) is 11.8 Å². The summed E-state index contributed by atoms with van der Waals surface area (Å²) in [5, 5.41) is 10.8. The molecule has 1 aromatic carbocycles. The molecule has 5 nitrogen and oxygen atoms in total. The molecular weight excluding hydrogens is 390 g/mol. The van der Waals surface area contributed by atoms with Crippen LogP contribution < -0.4 is 10.6 Å². The average Bonchev–Trinajstić information content (AvgIpc) is 3.28. The van der Waals surface area contributed by atoms with Gasteiger partial charge in [0, 0.05) is 23.9 Å². The van der Waals surface area contributed by atoms with Crippen LogP contribution in [0.2, 0.25) is 5.02 Å². The molecule has 8 heteroatoms. The normalized spacial score (nSPS) is 10.5. The van der Waals surface area contributed by atoms with E-state index >= 15 is 0 Å². The summed E-state index contributed by atoms with van der Waals surface area (Å²) in [7, 11) is 0. The summed E-state index contributed by atoms with van der Waals surface area (Å²) in [5.41, 5.74) is 1.81. The van der Waals surface area contributed by atoms with Crippen LogP contribution in [0.3, 0.4) is 0 Å². The molecule has 2 aromatic heterocycles. The Morgan fingerprint density at radius 2 is 2.04 bits per heavy atom. The summed E-state index contributed by atoms with van der Waals surface area (Å²) < 4.78 is 0. The van der Waals surface area contributed by atoms with Crippen LogP contribution in [0.1, 0.15) is 30.7 Å². The van der Waals surface area contributed by atoms with Gasteiger partial charge in [-0.15, -0.1) is 22.7 Å². The van der Waals surface area contributed by atoms with Gasteiger partial charge in [-0.05, 0) is 36.6 Å². The molecule has 0 bridgehead atoms. The van der Waals surface area contributed by atoms with Crippen molar-refractivity contribution in [2.45, 2.75) is 13.3 Å². The molecule has 0 unspecified atom stereocenters. The highest BCUT2D eigenvalue weighted by molar-refractivity contribution is 7.12. The molecule has 2 amide bonds. The van der Waals surface area contributed by atoms with Gasteiger partial charge in [-0.1, -0.05) is 17.7 Å². The van der Waals surface area contributed by atoms with Gasteiger partial charge in [0.1, 0.15) is 0 Å². The fraction of sp³-hybridized carbons (Fsp3) is 0.167. The smallest absolute Gasteiger partial charge is 0.265 e. The Bertz CT molecular complexity index is 922. The summed E-state index contributed by atoms with van der Waals surface area (Å²) >= 11 is 9.07. The fourth-order valence-corrected chi connectivity index (χ4v) is 3.71. The maximum atomic E-state index is 12.3. The summed E-state index contributed by atoms with van der Waals surface area (Å²) in [6.45, 7) is 2.44. The molecule has 2 N–H and O–H groups in total. The van der Waals surface area contributed by atoms with Crippen molar-refractivity contribution in [1.29, 1.82) is 0 Å². The number of benzene rings is 1. The number of thiophene rings is 1. The molecule has 0 atom stereocenters. The zero-order chi connectivity index (χ0) is 18.5. The maximum absolute atomic E-state index is 12.3. The second-order valence-corrected chi connectivity index (χ2v) is 7.91. The van der Waals surface area contributed by atoms with Crippen molar-refractivity contribution < 1.29 is 9.59 Å². The molecule has 0 aliphatic carbocycles. The molecule has 26 heavy (non-hydrogen) atoms.